The summed E-state index contributed by atoms with van der Waals surface area (Å²) in [6, 6.07) is 12.2. The van der Waals surface area contributed by atoms with Gasteiger partial charge in [0, 0.05) is 11.0 Å². The fraction of sp³-hybridized carbons (Fsp3) is 0.235. The maximum absolute atomic E-state index is 13.4. The normalized spacial score (nSPS) is 11.8. The molecule has 0 radical (unpaired) electrons. The van der Waals surface area contributed by atoms with Gasteiger partial charge in [-0.05, 0) is 42.7 Å². The lowest BCUT2D eigenvalue weighted by Gasteiger charge is -2.16. The van der Waals surface area contributed by atoms with Crippen LogP contribution in [0, 0.1) is 12.7 Å². The number of aryl methyl sites for hydroxylation is 1. The Bertz CT molecular complexity index is 675. The van der Waals surface area contributed by atoms with E-state index in [0.29, 0.717) is 5.56 Å². The second-order valence-electron chi connectivity index (χ2n) is 5.15. The molecule has 3 nitrogen and oxygen atoms in total. The zero-order chi connectivity index (χ0) is 16.1. The average Bonchev–Trinajstić information content (AvgIpc) is 2.49. The summed E-state index contributed by atoms with van der Waals surface area (Å²) in [4.78, 5) is 11.9. The van der Waals surface area contributed by atoms with Gasteiger partial charge in [0.2, 0.25) is 0 Å². The van der Waals surface area contributed by atoms with Crippen molar-refractivity contribution >= 4 is 22.0 Å². The number of amides is 2. The van der Waals surface area contributed by atoms with E-state index in [1.54, 1.807) is 19.1 Å². The van der Waals surface area contributed by atoms with Crippen molar-refractivity contribution in [3.05, 3.63) is 69.4 Å². The fourth-order valence-electron chi connectivity index (χ4n) is 2.08. The van der Waals surface area contributed by atoms with E-state index in [4.69, 9.17) is 0 Å². The summed E-state index contributed by atoms with van der Waals surface area (Å²) in [7, 11) is 0. The maximum atomic E-state index is 13.4. The highest BCUT2D eigenvalue weighted by atomic mass is 79.9. The first-order valence-electron chi connectivity index (χ1n) is 7.01. The summed E-state index contributed by atoms with van der Waals surface area (Å²) >= 11 is 3.46. The lowest BCUT2D eigenvalue weighted by Crippen LogP contribution is -2.36. The van der Waals surface area contributed by atoms with Gasteiger partial charge in [0.1, 0.15) is 5.82 Å². The van der Waals surface area contributed by atoms with Crippen LogP contribution in [0.3, 0.4) is 0 Å². The molecule has 5 heteroatoms. The zero-order valence-corrected chi connectivity index (χ0v) is 14.1. The molecule has 1 atom stereocenters. The quantitative estimate of drug-likeness (QED) is 0.826. The van der Waals surface area contributed by atoms with E-state index in [0.717, 1.165) is 15.6 Å². The summed E-state index contributed by atoms with van der Waals surface area (Å²) in [5.74, 6) is -0.263. The molecule has 2 N–H and O–H groups in total. The lowest BCUT2D eigenvalue weighted by atomic mass is 10.1. The summed E-state index contributed by atoms with van der Waals surface area (Å²) in [5.41, 5.74) is 2.32. The van der Waals surface area contributed by atoms with Gasteiger partial charge in [-0.2, -0.15) is 0 Å². The Labute approximate surface area is 138 Å². The molecular formula is C17H18BrFN2O. The molecule has 0 fully saturated rings. The third kappa shape index (κ3) is 4.31. The Morgan fingerprint density at radius 1 is 1.27 bits per heavy atom. The minimum absolute atomic E-state index is 0.134. The van der Waals surface area contributed by atoms with Gasteiger partial charge in [-0.25, -0.2) is 9.18 Å². The minimum Gasteiger partial charge on any atom is -0.334 e. The average molecular weight is 365 g/mol. The van der Waals surface area contributed by atoms with Gasteiger partial charge in [-0.1, -0.05) is 46.3 Å². The molecule has 0 heterocycles. The molecule has 2 rings (SSSR count). The largest absolute Gasteiger partial charge is 0.334 e. The van der Waals surface area contributed by atoms with Crippen molar-refractivity contribution in [2.75, 3.05) is 0 Å². The Balaban J connectivity index is 1.90. The minimum atomic E-state index is -0.288. The summed E-state index contributed by atoms with van der Waals surface area (Å²) in [6.07, 6.45) is 0. The first kappa shape index (κ1) is 16.5. The van der Waals surface area contributed by atoms with Gasteiger partial charge >= 0.3 is 6.03 Å². The van der Waals surface area contributed by atoms with Crippen molar-refractivity contribution in [1.29, 1.82) is 0 Å². The number of carbonyl (C=O) groups excluding carboxylic acids is 1. The van der Waals surface area contributed by atoms with E-state index in [1.165, 1.54) is 6.07 Å². The standard InChI is InChI=1S/C17H18BrFN2O/c1-11-7-8-13(9-16(11)19)10-20-17(22)21-12(2)14-5-3-4-6-15(14)18/h3-9,12H,10H2,1-2H3,(H2,20,21,22). The Hall–Kier alpha value is -1.88. The Morgan fingerprint density at radius 2 is 2.00 bits per heavy atom. The highest BCUT2D eigenvalue weighted by molar-refractivity contribution is 9.10. The SMILES string of the molecule is Cc1ccc(CNC(=O)NC(C)c2ccccc2Br)cc1F. The number of rotatable bonds is 4. The molecule has 0 aromatic heterocycles. The Morgan fingerprint density at radius 3 is 2.68 bits per heavy atom. The molecule has 1 unspecified atom stereocenters. The van der Waals surface area contributed by atoms with Crippen molar-refractivity contribution in [1.82, 2.24) is 10.6 Å². The molecule has 2 aromatic carbocycles. The van der Waals surface area contributed by atoms with E-state index in [9.17, 15) is 9.18 Å². The summed E-state index contributed by atoms with van der Waals surface area (Å²) in [6.45, 7) is 3.90. The van der Waals surface area contributed by atoms with Crippen LogP contribution in [0.1, 0.15) is 29.7 Å². The molecule has 0 spiro atoms. The van der Waals surface area contributed by atoms with Gasteiger partial charge in [-0.15, -0.1) is 0 Å². The number of carbonyl (C=O) groups is 1. The van der Waals surface area contributed by atoms with E-state index in [-0.39, 0.29) is 24.4 Å². The third-order valence-electron chi connectivity index (χ3n) is 3.41. The van der Waals surface area contributed by atoms with Crippen LogP contribution in [0.5, 0.6) is 0 Å². The molecule has 116 valence electrons. The van der Waals surface area contributed by atoms with E-state index < -0.39 is 0 Å². The molecule has 22 heavy (non-hydrogen) atoms. The zero-order valence-electron chi connectivity index (χ0n) is 12.5. The molecule has 0 saturated carbocycles. The lowest BCUT2D eigenvalue weighted by molar-refractivity contribution is 0.237. The van der Waals surface area contributed by atoms with Crippen LogP contribution in [-0.2, 0) is 6.54 Å². The molecule has 0 aliphatic rings. The Kier molecular flexibility index (Phi) is 5.55. The number of hydrogen-bond donors (Lipinski definition) is 2. The molecule has 2 aromatic rings. The van der Waals surface area contributed by atoms with Crippen molar-refractivity contribution in [2.45, 2.75) is 26.4 Å². The van der Waals surface area contributed by atoms with E-state index >= 15 is 0 Å². The second-order valence-corrected chi connectivity index (χ2v) is 6.01. The molecular weight excluding hydrogens is 347 g/mol. The second kappa shape index (κ2) is 7.40. The predicted octanol–water partition coefficient (Wildman–Crippen LogP) is 4.46. The van der Waals surface area contributed by atoms with E-state index in [2.05, 4.69) is 26.6 Å². The van der Waals surface area contributed by atoms with Gasteiger partial charge in [0.15, 0.2) is 0 Å². The molecule has 0 bridgehead atoms. The van der Waals surface area contributed by atoms with Crippen molar-refractivity contribution < 1.29 is 9.18 Å². The van der Waals surface area contributed by atoms with Crippen LogP contribution < -0.4 is 10.6 Å². The number of hydrogen-bond acceptors (Lipinski definition) is 1. The van der Waals surface area contributed by atoms with E-state index in [1.807, 2.05) is 31.2 Å². The molecule has 0 saturated heterocycles. The van der Waals surface area contributed by atoms with Crippen LogP contribution in [-0.4, -0.2) is 6.03 Å². The highest BCUT2D eigenvalue weighted by Gasteiger charge is 2.11. The number of benzene rings is 2. The van der Waals surface area contributed by atoms with Crippen LogP contribution >= 0.6 is 15.9 Å². The highest BCUT2D eigenvalue weighted by Crippen LogP contribution is 2.22. The van der Waals surface area contributed by atoms with Gasteiger partial charge in [0.25, 0.3) is 0 Å². The fourth-order valence-corrected chi connectivity index (χ4v) is 2.71. The molecule has 0 aliphatic carbocycles. The third-order valence-corrected chi connectivity index (χ3v) is 4.13. The van der Waals surface area contributed by atoms with Crippen LogP contribution in [0.25, 0.3) is 0 Å². The topological polar surface area (TPSA) is 41.1 Å². The van der Waals surface area contributed by atoms with Gasteiger partial charge < -0.3 is 10.6 Å². The predicted molar refractivity (Wildman–Crippen MR) is 89.1 cm³/mol. The monoisotopic (exact) mass is 364 g/mol. The van der Waals surface area contributed by atoms with Crippen LogP contribution in [0.15, 0.2) is 46.9 Å². The first-order chi connectivity index (χ1) is 10.5. The summed E-state index contributed by atoms with van der Waals surface area (Å²) in [5, 5.41) is 5.59. The first-order valence-corrected chi connectivity index (χ1v) is 7.80. The number of nitrogens with one attached hydrogen (secondary N) is 2. The number of urea groups is 1. The van der Waals surface area contributed by atoms with Crippen molar-refractivity contribution in [2.24, 2.45) is 0 Å². The van der Waals surface area contributed by atoms with Crippen LogP contribution in [0.4, 0.5) is 9.18 Å². The summed E-state index contributed by atoms with van der Waals surface area (Å²) < 4.78 is 14.4. The molecule has 2 amide bonds. The van der Waals surface area contributed by atoms with Crippen LogP contribution in [0.2, 0.25) is 0 Å². The van der Waals surface area contributed by atoms with Gasteiger partial charge in [0.05, 0.1) is 6.04 Å². The molecule has 0 aliphatic heterocycles. The maximum Gasteiger partial charge on any atom is 0.315 e. The number of halogens is 2. The van der Waals surface area contributed by atoms with Gasteiger partial charge in [-0.3, -0.25) is 0 Å². The van der Waals surface area contributed by atoms with Crippen molar-refractivity contribution in [3.8, 4) is 0 Å². The van der Waals surface area contributed by atoms with Crippen molar-refractivity contribution in [3.63, 3.8) is 0 Å². The smallest absolute Gasteiger partial charge is 0.315 e.